The van der Waals surface area contributed by atoms with Gasteiger partial charge in [0.2, 0.25) is 0 Å². The minimum atomic E-state index is 0.640. The predicted molar refractivity (Wildman–Crippen MR) is 54.7 cm³/mol. The van der Waals surface area contributed by atoms with Crippen molar-refractivity contribution < 1.29 is 4.74 Å². The van der Waals surface area contributed by atoms with E-state index in [0.717, 1.165) is 11.8 Å². The average molecular weight is 182 g/mol. The zero-order valence-corrected chi connectivity index (χ0v) is 8.96. The third-order valence-electron chi connectivity index (χ3n) is 3.94. The second kappa shape index (κ2) is 4.00. The predicted octanol–water partition coefficient (Wildman–Crippen LogP) is 3.38. The summed E-state index contributed by atoms with van der Waals surface area (Å²) in [6.45, 7) is 4.64. The average Bonchev–Trinajstić information content (AvgIpc) is 2.74. The summed E-state index contributed by atoms with van der Waals surface area (Å²) in [4.78, 5) is 0. The Morgan fingerprint density at radius 1 is 1.31 bits per heavy atom. The van der Waals surface area contributed by atoms with Crippen LogP contribution in [-0.2, 0) is 4.74 Å². The molecule has 0 aromatic carbocycles. The maximum absolute atomic E-state index is 5.91. The molecule has 0 aromatic rings. The highest BCUT2D eigenvalue weighted by atomic mass is 16.5. The quantitative estimate of drug-likeness (QED) is 0.647. The van der Waals surface area contributed by atoms with E-state index in [9.17, 15) is 0 Å². The van der Waals surface area contributed by atoms with Crippen molar-refractivity contribution in [3.63, 3.8) is 0 Å². The van der Waals surface area contributed by atoms with E-state index < -0.39 is 0 Å². The topological polar surface area (TPSA) is 9.23 Å². The molecule has 0 N–H and O–H groups in total. The van der Waals surface area contributed by atoms with E-state index >= 15 is 0 Å². The molecule has 0 aliphatic carbocycles. The fourth-order valence-electron chi connectivity index (χ4n) is 3.26. The standard InChI is InChI=1S/C12H22O/c1-3-5-9(4-2)11-8-10-6-7-12(11)13-10/h9-12H,3-8H2,1-2H3. The maximum Gasteiger partial charge on any atom is 0.0611 e. The molecule has 2 bridgehead atoms. The molecule has 0 spiro atoms. The number of rotatable bonds is 4. The highest BCUT2D eigenvalue weighted by Gasteiger charge is 2.43. The molecular formula is C12H22O. The molecular weight excluding hydrogens is 160 g/mol. The molecule has 76 valence electrons. The van der Waals surface area contributed by atoms with Crippen molar-refractivity contribution in [2.45, 2.75) is 64.6 Å². The molecule has 2 saturated heterocycles. The molecule has 4 unspecified atom stereocenters. The van der Waals surface area contributed by atoms with Crippen molar-refractivity contribution in [3.05, 3.63) is 0 Å². The minimum absolute atomic E-state index is 0.640. The van der Waals surface area contributed by atoms with Gasteiger partial charge in [-0.3, -0.25) is 0 Å². The smallest absolute Gasteiger partial charge is 0.0611 e. The Bertz CT molecular complexity index is 167. The summed E-state index contributed by atoms with van der Waals surface area (Å²) in [5.74, 6) is 1.85. The molecule has 2 fully saturated rings. The summed E-state index contributed by atoms with van der Waals surface area (Å²) >= 11 is 0. The summed E-state index contributed by atoms with van der Waals surface area (Å²) in [5.41, 5.74) is 0. The molecule has 0 amide bonds. The fourth-order valence-corrected chi connectivity index (χ4v) is 3.26. The highest BCUT2D eigenvalue weighted by Crippen LogP contribution is 2.44. The van der Waals surface area contributed by atoms with Crippen molar-refractivity contribution in [2.75, 3.05) is 0 Å². The van der Waals surface area contributed by atoms with Crippen LogP contribution in [0.3, 0.4) is 0 Å². The molecule has 0 radical (unpaired) electrons. The molecule has 2 aliphatic rings. The van der Waals surface area contributed by atoms with E-state index in [4.69, 9.17) is 4.74 Å². The van der Waals surface area contributed by atoms with Gasteiger partial charge in [-0.2, -0.15) is 0 Å². The van der Waals surface area contributed by atoms with Crippen LogP contribution in [0, 0.1) is 11.8 Å². The van der Waals surface area contributed by atoms with Gasteiger partial charge in [0.25, 0.3) is 0 Å². The van der Waals surface area contributed by atoms with E-state index in [1.54, 1.807) is 0 Å². The summed E-state index contributed by atoms with van der Waals surface area (Å²) < 4.78 is 5.91. The van der Waals surface area contributed by atoms with E-state index in [-0.39, 0.29) is 0 Å². The van der Waals surface area contributed by atoms with Crippen molar-refractivity contribution in [1.82, 2.24) is 0 Å². The lowest BCUT2D eigenvalue weighted by Crippen LogP contribution is -2.24. The third kappa shape index (κ3) is 1.76. The van der Waals surface area contributed by atoms with Gasteiger partial charge in [0.1, 0.15) is 0 Å². The van der Waals surface area contributed by atoms with Gasteiger partial charge in [-0.05, 0) is 31.1 Å². The second-order valence-electron chi connectivity index (χ2n) is 4.73. The second-order valence-corrected chi connectivity index (χ2v) is 4.73. The number of ether oxygens (including phenoxy) is 1. The van der Waals surface area contributed by atoms with Gasteiger partial charge in [0.05, 0.1) is 12.2 Å². The normalized spacial score (nSPS) is 39.7. The van der Waals surface area contributed by atoms with E-state index in [1.807, 2.05) is 0 Å². The first-order chi connectivity index (χ1) is 6.35. The summed E-state index contributed by atoms with van der Waals surface area (Å²) in [6.07, 6.45) is 9.43. The van der Waals surface area contributed by atoms with Crippen molar-refractivity contribution in [1.29, 1.82) is 0 Å². The summed E-state index contributed by atoms with van der Waals surface area (Å²) in [6, 6.07) is 0. The number of hydrogen-bond acceptors (Lipinski definition) is 1. The molecule has 2 rings (SSSR count). The first-order valence-corrected chi connectivity index (χ1v) is 6.00. The monoisotopic (exact) mass is 182 g/mol. The van der Waals surface area contributed by atoms with Gasteiger partial charge in [0.15, 0.2) is 0 Å². The van der Waals surface area contributed by atoms with Crippen LogP contribution < -0.4 is 0 Å². The van der Waals surface area contributed by atoms with Gasteiger partial charge in [-0.15, -0.1) is 0 Å². The van der Waals surface area contributed by atoms with Crippen molar-refractivity contribution >= 4 is 0 Å². The zero-order chi connectivity index (χ0) is 9.26. The van der Waals surface area contributed by atoms with E-state index in [0.29, 0.717) is 12.2 Å². The summed E-state index contributed by atoms with van der Waals surface area (Å²) in [5, 5.41) is 0. The lowest BCUT2D eigenvalue weighted by molar-refractivity contribution is 0.0796. The molecule has 1 nitrogen and oxygen atoms in total. The Kier molecular flexibility index (Phi) is 2.92. The SMILES string of the molecule is CCCC(CC)C1CC2CCC1O2. The molecule has 0 aromatic heterocycles. The largest absolute Gasteiger partial charge is 0.375 e. The zero-order valence-electron chi connectivity index (χ0n) is 8.96. The molecule has 1 heteroatoms. The molecule has 0 saturated carbocycles. The fraction of sp³-hybridized carbons (Fsp3) is 1.00. The highest BCUT2D eigenvalue weighted by molar-refractivity contribution is 4.92. The van der Waals surface area contributed by atoms with E-state index in [1.165, 1.54) is 38.5 Å². The van der Waals surface area contributed by atoms with Crippen LogP contribution in [0.2, 0.25) is 0 Å². The van der Waals surface area contributed by atoms with Crippen molar-refractivity contribution in [2.24, 2.45) is 11.8 Å². The Balaban J connectivity index is 1.92. The Morgan fingerprint density at radius 3 is 2.62 bits per heavy atom. The van der Waals surface area contributed by atoms with E-state index in [2.05, 4.69) is 13.8 Å². The van der Waals surface area contributed by atoms with Gasteiger partial charge < -0.3 is 4.74 Å². The van der Waals surface area contributed by atoms with Crippen LogP contribution >= 0.6 is 0 Å². The minimum Gasteiger partial charge on any atom is -0.375 e. The molecule has 2 heterocycles. The Labute approximate surface area is 81.9 Å². The maximum atomic E-state index is 5.91. The van der Waals surface area contributed by atoms with Gasteiger partial charge in [-0.1, -0.05) is 33.1 Å². The molecule has 2 aliphatic heterocycles. The first kappa shape index (κ1) is 9.51. The van der Waals surface area contributed by atoms with Crippen LogP contribution in [0.5, 0.6) is 0 Å². The van der Waals surface area contributed by atoms with Crippen LogP contribution in [0.1, 0.15) is 52.4 Å². The third-order valence-corrected chi connectivity index (χ3v) is 3.94. The first-order valence-electron chi connectivity index (χ1n) is 6.00. The molecule has 13 heavy (non-hydrogen) atoms. The van der Waals surface area contributed by atoms with Crippen molar-refractivity contribution in [3.8, 4) is 0 Å². The van der Waals surface area contributed by atoms with Crippen LogP contribution in [-0.4, -0.2) is 12.2 Å². The van der Waals surface area contributed by atoms with Crippen LogP contribution in [0.15, 0.2) is 0 Å². The van der Waals surface area contributed by atoms with Gasteiger partial charge in [0, 0.05) is 0 Å². The lowest BCUT2D eigenvalue weighted by atomic mass is 9.77. The Morgan fingerprint density at radius 2 is 2.15 bits per heavy atom. The van der Waals surface area contributed by atoms with Crippen LogP contribution in [0.25, 0.3) is 0 Å². The number of hydrogen-bond donors (Lipinski definition) is 0. The van der Waals surface area contributed by atoms with Gasteiger partial charge >= 0.3 is 0 Å². The lowest BCUT2D eigenvalue weighted by Gasteiger charge is -2.27. The summed E-state index contributed by atoms with van der Waals surface area (Å²) in [7, 11) is 0. The number of fused-ring (bicyclic) bond motifs is 2. The van der Waals surface area contributed by atoms with Gasteiger partial charge in [-0.25, -0.2) is 0 Å². The molecule has 4 atom stereocenters. The van der Waals surface area contributed by atoms with Crippen LogP contribution in [0.4, 0.5) is 0 Å². The Hall–Kier alpha value is -0.0400.